The maximum atomic E-state index is 11.8. The van der Waals surface area contributed by atoms with Crippen molar-refractivity contribution in [1.29, 1.82) is 0 Å². The molecule has 0 radical (unpaired) electrons. The van der Waals surface area contributed by atoms with Crippen LogP contribution in [0.3, 0.4) is 0 Å². The van der Waals surface area contributed by atoms with Gasteiger partial charge in [-0.15, -0.1) is 0 Å². The highest BCUT2D eigenvalue weighted by atomic mass is 16.3. The Morgan fingerprint density at radius 2 is 2.12 bits per heavy atom. The van der Waals surface area contributed by atoms with Crippen molar-refractivity contribution >= 4 is 11.6 Å². The average Bonchev–Trinajstić information content (AvgIpc) is 2.29. The summed E-state index contributed by atoms with van der Waals surface area (Å²) < 4.78 is 0. The maximum Gasteiger partial charge on any atom is 0.250 e. The average molecular weight is 233 g/mol. The van der Waals surface area contributed by atoms with Crippen LogP contribution < -0.4 is 5.32 Å². The van der Waals surface area contributed by atoms with Gasteiger partial charge in [0.1, 0.15) is 0 Å². The third-order valence-electron chi connectivity index (χ3n) is 2.53. The molecule has 1 unspecified atom stereocenters. The van der Waals surface area contributed by atoms with Gasteiger partial charge in [-0.3, -0.25) is 4.79 Å². The van der Waals surface area contributed by atoms with E-state index in [0.717, 1.165) is 12.0 Å². The number of carbonyl (C=O) groups excluding carboxylic acids is 1. The Morgan fingerprint density at radius 1 is 1.47 bits per heavy atom. The molecule has 1 amide bonds. The summed E-state index contributed by atoms with van der Waals surface area (Å²) in [5, 5.41) is 12.4. The summed E-state index contributed by atoms with van der Waals surface area (Å²) in [7, 11) is 0. The van der Waals surface area contributed by atoms with Crippen LogP contribution in [0, 0.1) is 0 Å². The number of carbonyl (C=O) groups is 1. The Hall–Kier alpha value is -1.61. The lowest BCUT2D eigenvalue weighted by Gasteiger charge is -2.13. The number of allylic oxidation sites excluding steroid dienone is 1. The molecule has 0 aliphatic heterocycles. The summed E-state index contributed by atoms with van der Waals surface area (Å²) in [6.07, 6.45) is 2.11. The number of para-hydroxylation sites is 1. The maximum absolute atomic E-state index is 11.8. The van der Waals surface area contributed by atoms with Crippen LogP contribution in [0.4, 0.5) is 5.69 Å². The predicted molar refractivity (Wildman–Crippen MR) is 69.8 cm³/mol. The van der Waals surface area contributed by atoms with Crippen LogP contribution in [0.25, 0.3) is 0 Å². The molecule has 0 saturated heterocycles. The lowest BCUT2D eigenvalue weighted by Crippen LogP contribution is -2.14. The lowest BCUT2D eigenvalue weighted by molar-refractivity contribution is -0.112. The van der Waals surface area contributed by atoms with E-state index >= 15 is 0 Å². The second-order valence-electron chi connectivity index (χ2n) is 4.01. The molecule has 0 aliphatic carbocycles. The molecule has 1 rings (SSSR count). The first-order valence-corrected chi connectivity index (χ1v) is 5.81. The highest BCUT2D eigenvalue weighted by Crippen LogP contribution is 2.22. The van der Waals surface area contributed by atoms with Crippen molar-refractivity contribution in [2.45, 2.75) is 33.3 Å². The van der Waals surface area contributed by atoms with Crippen molar-refractivity contribution in [1.82, 2.24) is 0 Å². The Bertz CT molecular complexity index is 422. The van der Waals surface area contributed by atoms with Crippen molar-refractivity contribution in [3.8, 4) is 0 Å². The number of aliphatic hydroxyl groups is 1. The van der Waals surface area contributed by atoms with E-state index in [1.165, 1.54) is 0 Å². The Labute approximate surface area is 102 Å². The fourth-order valence-corrected chi connectivity index (χ4v) is 1.59. The first-order valence-electron chi connectivity index (χ1n) is 5.81. The zero-order valence-electron chi connectivity index (χ0n) is 10.5. The highest BCUT2D eigenvalue weighted by molar-refractivity contribution is 6.03. The predicted octanol–water partition coefficient (Wildman–Crippen LogP) is 3.03. The molecule has 92 valence electrons. The minimum absolute atomic E-state index is 0.125. The Morgan fingerprint density at radius 3 is 2.71 bits per heavy atom. The number of rotatable bonds is 4. The molecule has 0 heterocycles. The molecule has 1 aromatic rings. The molecule has 17 heavy (non-hydrogen) atoms. The molecular formula is C14H19NO2. The summed E-state index contributed by atoms with van der Waals surface area (Å²) in [4.78, 5) is 11.8. The number of amides is 1. The van der Waals surface area contributed by atoms with Crippen LogP contribution in [-0.2, 0) is 4.79 Å². The second-order valence-corrected chi connectivity index (χ2v) is 4.01. The summed E-state index contributed by atoms with van der Waals surface area (Å²) in [5.74, 6) is -0.125. The van der Waals surface area contributed by atoms with Gasteiger partial charge in [0.05, 0.1) is 6.10 Å². The largest absolute Gasteiger partial charge is 0.389 e. The third kappa shape index (κ3) is 3.71. The molecule has 0 bridgehead atoms. The SMILES string of the molecule is CC/C=C(/C)C(=O)Nc1ccccc1C(C)O. The zero-order valence-corrected chi connectivity index (χ0v) is 10.5. The molecule has 3 nitrogen and oxygen atoms in total. The molecule has 0 spiro atoms. The molecular weight excluding hydrogens is 214 g/mol. The number of aliphatic hydroxyl groups excluding tert-OH is 1. The van der Waals surface area contributed by atoms with Gasteiger partial charge in [-0.2, -0.15) is 0 Å². The molecule has 1 aromatic carbocycles. The van der Waals surface area contributed by atoms with E-state index in [1.807, 2.05) is 25.1 Å². The molecule has 3 heteroatoms. The van der Waals surface area contributed by atoms with E-state index < -0.39 is 6.10 Å². The molecule has 2 N–H and O–H groups in total. The van der Waals surface area contributed by atoms with E-state index in [0.29, 0.717) is 11.3 Å². The van der Waals surface area contributed by atoms with Crippen molar-refractivity contribution in [2.24, 2.45) is 0 Å². The van der Waals surface area contributed by atoms with Crippen LogP contribution in [-0.4, -0.2) is 11.0 Å². The van der Waals surface area contributed by atoms with Gasteiger partial charge >= 0.3 is 0 Å². The first-order chi connectivity index (χ1) is 8.06. The fraction of sp³-hybridized carbons (Fsp3) is 0.357. The van der Waals surface area contributed by atoms with Gasteiger partial charge in [0, 0.05) is 16.8 Å². The van der Waals surface area contributed by atoms with Gasteiger partial charge in [0.25, 0.3) is 5.91 Å². The van der Waals surface area contributed by atoms with Crippen LogP contribution >= 0.6 is 0 Å². The van der Waals surface area contributed by atoms with Crippen LogP contribution in [0.5, 0.6) is 0 Å². The van der Waals surface area contributed by atoms with Gasteiger partial charge in [-0.05, 0) is 26.3 Å². The molecule has 0 aliphatic rings. The van der Waals surface area contributed by atoms with Crippen LogP contribution in [0.1, 0.15) is 38.9 Å². The minimum atomic E-state index is -0.595. The minimum Gasteiger partial charge on any atom is -0.389 e. The number of benzene rings is 1. The summed E-state index contributed by atoms with van der Waals surface area (Å²) in [5.41, 5.74) is 2.08. The number of anilines is 1. The summed E-state index contributed by atoms with van der Waals surface area (Å²) in [6, 6.07) is 7.27. The van der Waals surface area contributed by atoms with Crippen molar-refractivity contribution in [3.05, 3.63) is 41.5 Å². The summed E-state index contributed by atoms with van der Waals surface area (Å²) >= 11 is 0. The van der Waals surface area contributed by atoms with E-state index in [2.05, 4.69) is 5.32 Å². The number of nitrogens with one attached hydrogen (secondary N) is 1. The first kappa shape index (κ1) is 13.5. The van der Waals surface area contributed by atoms with E-state index in [9.17, 15) is 9.90 Å². The monoisotopic (exact) mass is 233 g/mol. The molecule has 0 saturated carbocycles. The topological polar surface area (TPSA) is 49.3 Å². The zero-order chi connectivity index (χ0) is 12.8. The second kappa shape index (κ2) is 6.21. The van der Waals surface area contributed by atoms with Gasteiger partial charge in [-0.25, -0.2) is 0 Å². The molecule has 1 atom stereocenters. The molecule has 0 fully saturated rings. The van der Waals surface area contributed by atoms with E-state index in [1.54, 1.807) is 26.0 Å². The van der Waals surface area contributed by atoms with Gasteiger partial charge in [0.2, 0.25) is 0 Å². The van der Waals surface area contributed by atoms with Crippen LogP contribution in [0.15, 0.2) is 35.9 Å². The normalized spacial score (nSPS) is 13.3. The van der Waals surface area contributed by atoms with Crippen molar-refractivity contribution in [2.75, 3.05) is 5.32 Å². The van der Waals surface area contributed by atoms with Gasteiger partial charge in [-0.1, -0.05) is 31.2 Å². The van der Waals surface area contributed by atoms with Crippen molar-refractivity contribution in [3.63, 3.8) is 0 Å². The standard InChI is InChI=1S/C14H19NO2/c1-4-7-10(2)14(17)15-13-9-6-5-8-12(13)11(3)16/h5-9,11,16H,4H2,1-3H3,(H,15,17)/b10-7-. The quantitative estimate of drug-likeness (QED) is 0.785. The van der Waals surface area contributed by atoms with Crippen molar-refractivity contribution < 1.29 is 9.90 Å². The highest BCUT2D eigenvalue weighted by Gasteiger charge is 2.10. The van der Waals surface area contributed by atoms with Crippen LogP contribution in [0.2, 0.25) is 0 Å². The van der Waals surface area contributed by atoms with E-state index in [4.69, 9.17) is 0 Å². The van der Waals surface area contributed by atoms with E-state index in [-0.39, 0.29) is 5.91 Å². The Kier molecular flexibility index (Phi) is 4.91. The summed E-state index contributed by atoms with van der Waals surface area (Å²) in [6.45, 7) is 5.45. The van der Waals surface area contributed by atoms with Gasteiger partial charge in [0.15, 0.2) is 0 Å². The number of hydrogen-bond donors (Lipinski definition) is 2. The fourth-order valence-electron chi connectivity index (χ4n) is 1.59. The third-order valence-corrected chi connectivity index (χ3v) is 2.53. The molecule has 0 aromatic heterocycles. The van der Waals surface area contributed by atoms with Gasteiger partial charge < -0.3 is 10.4 Å². The lowest BCUT2D eigenvalue weighted by atomic mass is 10.1. The Balaban J connectivity index is 2.89. The number of hydrogen-bond acceptors (Lipinski definition) is 2. The smallest absolute Gasteiger partial charge is 0.250 e.